The fraction of sp³-hybridized carbons (Fsp3) is 0.263. The van der Waals surface area contributed by atoms with Crippen LogP contribution in [0.3, 0.4) is 0 Å². The van der Waals surface area contributed by atoms with Gasteiger partial charge in [-0.25, -0.2) is 0 Å². The third kappa shape index (κ3) is 4.23. The van der Waals surface area contributed by atoms with E-state index in [0.717, 1.165) is 17.3 Å². The molecule has 1 saturated carbocycles. The Morgan fingerprint density at radius 3 is 2.21 bits per heavy atom. The van der Waals surface area contributed by atoms with Gasteiger partial charge in [0.1, 0.15) is 0 Å². The highest BCUT2D eigenvalue weighted by Crippen LogP contribution is 2.19. The Hall–Kier alpha value is -2.14. The van der Waals surface area contributed by atoms with Crippen molar-refractivity contribution < 1.29 is 9.59 Å². The number of hydrogen-bond acceptors (Lipinski definition) is 2. The van der Waals surface area contributed by atoms with Crippen molar-refractivity contribution in [3.63, 3.8) is 0 Å². The van der Waals surface area contributed by atoms with Gasteiger partial charge in [0, 0.05) is 27.3 Å². The van der Waals surface area contributed by atoms with Crippen LogP contribution in [-0.2, 0) is 0 Å². The van der Waals surface area contributed by atoms with Crippen LogP contribution in [0, 0.1) is 0 Å². The number of anilines is 1. The van der Waals surface area contributed by atoms with Gasteiger partial charge in [0.15, 0.2) is 0 Å². The highest BCUT2D eigenvalue weighted by atomic mass is 79.9. The smallest absolute Gasteiger partial charge is 0.255 e. The van der Waals surface area contributed by atoms with Crippen molar-refractivity contribution in [2.75, 3.05) is 5.32 Å². The van der Waals surface area contributed by atoms with E-state index in [1.807, 2.05) is 24.3 Å². The zero-order chi connectivity index (χ0) is 16.9. The van der Waals surface area contributed by atoms with Crippen molar-refractivity contribution in [2.24, 2.45) is 0 Å². The maximum Gasteiger partial charge on any atom is 0.255 e. The molecule has 124 valence electrons. The molecule has 2 aromatic carbocycles. The van der Waals surface area contributed by atoms with Crippen LogP contribution in [0.2, 0.25) is 0 Å². The number of nitrogens with one attached hydrogen (secondary N) is 2. The molecule has 0 radical (unpaired) electrons. The minimum absolute atomic E-state index is 0.111. The van der Waals surface area contributed by atoms with Gasteiger partial charge in [-0.2, -0.15) is 0 Å². The lowest BCUT2D eigenvalue weighted by molar-refractivity contribution is 0.0938. The molecule has 1 fully saturated rings. The second-order valence-corrected chi connectivity index (χ2v) is 6.91. The standard InChI is InChI=1S/C19H19BrN2O2/c20-15-8-10-17(11-9-15)22-19(24)14-5-3-4-13(12-14)18(23)21-16-6-1-2-7-16/h3-5,8-12,16H,1-2,6-7H2,(H,21,23)(H,22,24). The van der Waals surface area contributed by atoms with E-state index in [1.54, 1.807) is 24.3 Å². The molecule has 4 nitrogen and oxygen atoms in total. The Balaban J connectivity index is 1.68. The molecule has 1 aliphatic carbocycles. The van der Waals surface area contributed by atoms with Gasteiger partial charge in [0.25, 0.3) is 11.8 Å². The molecular weight excluding hydrogens is 368 g/mol. The number of benzene rings is 2. The first-order valence-electron chi connectivity index (χ1n) is 8.10. The van der Waals surface area contributed by atoms with Gasteiger partial charge in [0.05, 0.1) is 0 Å². The molecule has 0 aromatic heterocycles. The third-order valence-electron chi connectivity index (χ3n) is 4.18. The highest BCUT2D eigenvalue weighted by Gasteiger charge is 2.18. The summed E-state index contributed by atoms with van der Waals surface area (Å²) in [5.74, 6) is -0.340. The van der Waals surface area contributed by atoms with Crippen LogP contribution in [0.15, 0.2) is 53.0 Å². The van der Waals surface area contributed by atoms with E-state index >= 15 is 0 Å². The zero-order valence-electron chi connectivity index (χ0n) is 13.2. The number of hydrogen-bond donors (Lipinski definition) is 2. The monoisotopic (exact) mass is 386 g/mol. The van der Waals surface area contributed by atoms with Gasteiger partial charge >= 0.3 is 0 Å². The van der Waals surface area contributed by atoms with Gasteiger partial charge in [-0.05, 0) is 55.3 Å². The molecule has 1 aliphatic rings. The molecule has 3 rings (SSSR count). The summed E-state index contributed by atoms with van der Waals surface area (Å²) >= 11 is 3.36. The summed E-state index contributed by atoms with van der Waals surface area (Å²) in [6.07, 6.45) is 4.41. The minimum atomic E-state index is -0.229. The van der Waals surface area contributed by atoms with Crippen LogP contribution in [0.4, 0.5) is 5.69 Å². The first kappa shape index (κ1) is 16.7. The largest absolute Gasteiger partial charge is 0.349 e. The summed E-state index contributed by atoms with van der Waals surface area (Å²) in [6, 6.07) is 14.4. The van der Waals surface area contributed by atoms with Crippen molar-refractivity contribution >= 4 is 33.4 Å². The summed E-state index contributed by atoms with van der Waals surface area (Å²) in [4.78, 5) is 24.7. The lowest BCUT2D eigenvalue weighted by Crippen LogP contribution is -2.32. The van der Waals surface area contributed by atoms with Crippen molar-refractivity contribution in [1.29, 1.82) is 0 Å². The predicted octanol–water partition coefficient (Wildman–Crippen LogP) is 4.37. The molecule has 2 aromatic rings. The number of carbonyl (C=O) groups is 2. The van der Waals surface area contributed by atoms with E-state index in [-0.39, 0.29) is 17.9 Å². The van der Waals surface area contributed by atoms with Gasteiger partial charge in [-0.1, -0.05) is 34.8 Å². The Labute approximate surface area is 149 Å². The Kier molecular flexibility index (Phi) is 5.30. The Morgan fingerprint density at radius 2 is 1.54 bits per heavy atom. The first-order valence-corrected chi connectivity index (χ1v) is 8.89. The van der Waals surface area contributed by atoms with E-state index in [0.29, 0.717) is 16.8 Å². The molecule has 5 heteroatoms. The second-order valence-electron chi connectivity index (χ2n) is 6.00. The zero-order valence-corrected chi connectivity index (χ0v) is 14.8. The summed E-state index contributed by atoms with van der Waals surface area (Å²) in [7, 11) is 0. The molecule has 0 heterocycles. The minimum Gasteiger partial charge on any atom is -0.349 e. The molecule has 0 spiro atoms. The van der Waals surface area contributed by atoms with Crippen molar-refractivity contribution in [1.82, 2.24) is 5.32 Å². The summed E-state index contributed by atoms with van der Waals surface area (Å²) in [6.45, 7) is 0. The maximum absolute atomic E-state index is 12.4. The van der Waals surface area contributed by atoms with Crippen LogP contribution in [0.25, 0.3) is 0 Å². The fourth-order valence-electron chi connectivity index (χ4n) is 2.88. The molecule has 0 aliphatic heterocycles. The van der Waals surface area contributed by atoms with Crippen LogP contribution in [0.1, 0.15) is 46.4 Å². The van der Waals surface area contributed by atoms with Crippen molar-refractivity contribution in [3.8, 4) is 0 Å². The summed E-state index contributed by atoms with van der Waals surface area (Å²) in [5.41, 5.74) is 1.70. The highest BCUT2D eigenvalue weighted by molar-refractivity contribution is 9.10. The SMILES string of the molecule is O=C(Nc1ccc(Br)cc1)c1cccc(C(=O)NC2CCCC2)c1. The van der Waals surface area contributed by atoms with E-state index < -0.39 is 0 Å². The van der Waals surface area contributed by atoms with E-state index in [2.05, 4.69) is 26.6 Å². The average molecular weight is 387 g/mol. The summed E-state index contributed by atoms with van der Waals surface area (Å²) in [5, 5.41) is 5.87. The normalized spacial score (nSPS) is 14.4. The van der Waals surface area contributed by atoms with E-state index in [9.17, 15) is 9.59 Å². The van der Waals surface area contributed by atoms with E-state index in [4.69, 9.17) is 0 Å². The quantitative estimate of drug-likeness (QED) is 0.819. The first-order chi connectivity index (χ1) is 11.6. The van der Waals surface area contributed by atoms with Crippen LogP contribution < -0.4 is 10.6 Å². The third-order valence-corrected chi connectivity index (χ3v) is 4.71. The molecule has 0 atom stereocenters. The van der Waals surface area contributed by atoms with Crippen molar-refractivity contribution in [2.45, 2.75) is 31.7 Å². The summed E-state index contributed by atoms with van der Waals surface area (Å²) < 4.78 is 0.950. The fourth-order valence-corrected chi connectivity index (χ4v) is 3.14. The molecule has 0 bridgehead atoms. The number of halogens is 1. The maximum atomic E-state index is 12.4. The van der Waals surface area contributed by atoms with Crippen molar-refractivity contribution in [3.05, 3.63) is 64.1 Å². The molecule has 24 heavy (non-hydrogen) atoms. The number of rotatable bonds is 4. The molecule has 2 amide bonds. The topological polar surface area (TPSA) is 58.2 Å². The van der Waals surface area contributed by atoms with Gasteiger partial charge in [0.2, 0.25) is 0 Å². The molecular formula is C19H19BrN2O2. The Bertz CT molecular complexity index is 737. The van der Waals surface area contributed by atoms with E-state index in [1.165, 1.54) is 12.8 Å². The van der Waals surface area contributed by atoms with Gasteiger partial charge < -0.3 is 10.6 Å². The molecule has 2 N–H and O–H groups in total. The lowest BCUT2D eigenvalue weighted by Gasteiger charge is -2.12. The Morgan fingerprint density at radius 1 is 0.917 bits per heavy atom. The average Bonchev–Trinajstić information content (AvgIpc) is 3.10. The second kappa shape index (κ2) is 7.62. The molecule has 0 saturated heterocycles. The van der Waals surface area contributed by atoms with Gasteiger partial charge in [-0.3, -0.25) is 9.59 Å². The van der Waals surface area contributed by atoms with Crippen LogP contribution in [0.5, 0.6) is 0 Å². The predicted molar refractivity (Wildman–Crippen MR) is 98.3 cm³/mol. The van der Waals surface area contributed by atoms with Gasteiger partial charge in [-0.15, -0.1) is 0 Å². The lowest BCUT2D eigenvalue weighted by atomic mass is 10.1. The van der Waals surface area contributed by atoms with Crippen LogP contribution >= 0.6 is 15.9 Å². The molecule has 0 unspecified atom stereocenters. The van der Waals surface area contributed by atoms with Crippen LogP contribution in [-0.4, -0.2) is 17.9 Å². The number of carbonyl (C=O) groups excluding carboxylic acids is 2. The number of amides is 2.